The van der Waals surface area contributed by atoms with E-state index in [1.54, 1.807) is 24.0 Å². The van der Waals surface area contributed by atoms with Gasteiger partial charge in [-0.25, -0.2) is 4.68 Å². The minimum absolute atomic E-state index is 0.200. The third kappa shape index (κ3) is 4.97. The molecule has 0 fully saturated rings. The maximum absolute atomic E-state index is 12.3. The molecule has 0 unspecified atom stereocenters. The number of hydrogen-bond acceptors (Lipinski definition) is 6. The molecule has 148 valence electrons. The summed E-state index contributed by atoms with van der Waals surface area (Å²) in [5, 5.41) is 11.4. The number of hydrogen-bond donors (Lipinski definition) is 1. The Labute approximate surface area is 164 Å². The zero-order valence-corrected chi connectivity index (χ0v) is 16.7. The molecule has 0 amide bonds. The Morgan fingerprint density at radius 3 is 2.82 bits per heavy atom. The molecule has 0 bridgehead atoms. The van der Waals surface area contributed by atoms with Gasteiger partial charge in [-0.2, -0.15) is 5.10 Å². The van der Waals surface area contributed by atoms with E-state index in [1.807, 2.05) is 38.4 Å². The summed E-state index contributed by atoms with van der Waals surface area (Å²) in [6.07, 6.45) is 4.47. The molecule has 3 rings (SSSR count). The van der Waals surface area contributed by atoms with Crippen LogP contribution in [-0.4, -0.2) is 31.2 Å². The van der Waals surface area contributed by atoms with E-state index in [9.17, 15) is 4.79 Å². The van der Waals surface area contributed by atoms with Gasteiger partial charge < -0.3 is 10.1 Å². The minimum atomic E-state index is -0.200. The van der Waals surface area contributed by atoms with Crippen molar-refractivity contribution in [3.63, 3.8) is 0 Å². The van der Waals surface area contributed by atoms with Crippen molar-refractivity contribution in [2.75, 3.05) is 11.9 Å². The van der Waals surface area contributed by atoms with Crippen LogP contribution < -0.4 is 15.6 Å². The second kappa shape index (κ2) is 8.69. The Morgan fingerprint density at radius 1 is 1.29 bits per heavy atom. The maximum Gasteiger partial charge on any atom is 0.290 e. The van der Waals surface area contributed by atoms with Crippen molar-refractivity contribution in [1.29, 1.82) is 0 Å². The number of ether oxygens (including phenoxy) is 1. The summed E-state index contributed by atoms with van der Waals surface area (Å²) in [6, 6.07) is 7.68. The fraction of sp³-hybridized carbons (Fsp3) is 0.400. The normalized spacial score (nSPS) is 12.0. The first kappa shape index (κ1) is 19.6. The highest BCUT2D eigenvalue weighted by Crippen LogP contribution is 2.18. The molecule has 0 saturated heterocycles. The van der Waals surface area contributed by atoms with E-state index in [0.717, 1.165) is 23.4 Å². The predicted molar refractivity (Wildman–Crippen MR) is 108 cm³/mol. The Hall–Kier alpha value is -3.16. The first-order valence-corrected chi connectivity index (χ1v) is 9.28. The van der Waals surface area contributed by atoms with Gasteiger partial charge in [-0.1, -0.05) is 13.0 Å². The van der Waals surface area contributed by atoms with Gasteiger partial charge in [0.1, 0.15) is 5.69 Å². The lowest BCUT2D eigenvalue weighted by molar-refractivity contribution is 0.281. The molecule has 8 nitrogen and oxygen atoms in total. The molecule has 0 aromatic carbocycles. The minimum Gasteiger partial charge on any atom is -0.477 e. The molecule has 3 aromatic heterocycles. The summed E-state index contributed by atoms with van der Waals surface area (Å²) in [5.74, 6) is 0.691. The topological polar surface area (TPSA) is 86.9 Å². The van der Waals surface area contributed by atoms with Crippen molar-refractivity contribution in [3.05, 3.63) is 64.0 Å². The average molecular weight is 382 g/mol. The molecule has 0 aliphatic heterocycles. The fourth-order valence-corrected chi connectivity index (χ4v) is 2.87. The molecule has 0 aliphatic carbocycles. The number of aryl methyl sites for hydroxylation is 3. The Morgan fingerprint density at radius 2 is 2.11 bits per heavy atom. The summed E-state index contributed by atoms with van der Waals surface area (Å²) < 4.78 is 8.81. The molecule has 0 radical (unpaired) electrons. The zero-order valence-electron chi connectivity index (χ0n) is 16.7. The molecular formula is C20H26N6O2. The molecule has 3 heterocycles. The van der Waals surface area contributed by atoms with Gasteiger partial charge in [0, 0.05) is 55.8 Å². The van der Waals surface area contributed by atoms with Gasteiger partial charge in [-0.05, 0) is 25.5 Å². The Kier molecular flexibility index (Phi) is 6.08. The third-order valence-electron chi connectivity index (χ3n) is 4.50. The van der Waals surface area contributed by atoms with Crippen molar-refractivity contribution in [1.82, 2.24) is 24.5 Å². The lowest BCUT2D eigenvalue weighted by Gasteiger charge is -2.13. The lowest BCUT2D eigenvalue weighted by Crippen LogP contribution is -2.24. The summed E-state index contributed by atoms with van der Waals surface area (Å²) in [7, 11) is 3.47. The van der Waals surface area contributed by atoms with Gasteiger partial charge in [-0.15, -0.1) is 5.10 Å². The zero-order chi connectivity index (χ0) is 20.1. The number of aromatic nitrogens is 5. The summed E-state index contributed by atoms with van der Waals surface area (Å²) in [4.78, 5) is 16.9. The molecule has 3 aromatic rings. The standard InChI is InChI=1S/C20H26N6O2/c1-14(17-7-5-6-15(2)23-17)8-9-28-19-10-18(20(27)26(4)24-19)21-11-16-12-22-25(3)13-16/h5-7,10,12-14,21H,8-9,11H2,1-4H3/t14-/m1/s1. The largest absolute Gasteiger partial charge is 0.477 e. The molecule has 0 aliphatic rings. The van der Waals surface area contributed by atoms with Gasteiger partial charge in [-0.3, -0.25) is 14.5 Å². The second-order valence-electron chi connectivity index (χ2n) is 6.94. The average Bonchev–Trinajstić information content (AvgIpc) is 3.08. The number of rotatable bonds is 8. The van der Waals surface area contributed by atoms with E-state index in [2.05, 4.69) is 27.4 Å². The van der Waals surface area contributed by atoms with Crippen LogP contribution >= 0.6 is 0 Å². The monoisotopic (exact) mass is 382 g/mol. The van der Waals surface area contributed by atoms with Crippen LogP contribution in [-0.2, 0) is 20.6 Å². The highest BCUT2D eigenvalue weighted by atomic mass is 16.5. The molecule has 0 spiro atoms. The van der Waals surface area contributed by atoms with Gasteiger partial charge in [0.25, 0.3) is 5.56 Å². The molecule has 28 heavy (non-hydrogen) atoms. The van der Waals surface area contributed by atoms with E-state index in [1.165, 1.54) is 4.68 Å². The third-order valence-corrected chi connectivity index (χ3v) is 4.50. The lowest BCUT2D eigenvalue weighted by atomic mass is 10.0. The summed E-state index contributed by atoms with van der Waals surface area (Å²) in [5.41, 5.74) is 3.30. The first-order valence-electron chi connectivity index (χ1n) is 9.28. The van der Waals surface area contributed by atoms with Crippen LogP contribution in [0.3, 0.4) is 0 Å². The molecular weight excluding hydrogens is 356 g/mol. The van der Waals surface area contributed by atoms with E-state index in [0.29, 0.717) is 24.7 Å². The quantitative estimate of drug-likeness (QED) is 0.644. The van der Waals surface area contributed by atoms with E-state index in [-0.39, 0.29) is 11.5 Å². The van der Waals surface area contributed by atoms with Crippen molar-refractivity contribution < 1.29 is 4.74 Å². The van der Waals surface area contributed by atoms with Crippen LogP contribution in [0.2, 0.25) is 0 Å². The number of pyridine rings is 1. The van der Waals surface area contributed by atoms with Crippen molar-refractivity contribution in [3.8, 4) is 5.88 Å². The van der Waals surface area contributed by atoms with Crippen LogP contribution in [0.4, 0.5) is 5.69 Å². The molecule has 1 atom stereocenters. The second-order valence-corrected chi connectivity index (χ2v) is 6.94. The summed E-state index contributed by atoms with van der Waals surface area (Å²) >= 11 is 0. The number of nitrogens with zero attached hydrogens (tertiary/aromatic N) is 5. The SMILES string of the molecule is Cc1cccc([C@H](C)CCOc2cc(NCc3cnn(C)c3)c(=O)n(C)n2)n1. The molecule has 1 N–H and O–H groups in total. The van der Waals surface area contributed by atoms with Crippen molar-refractivity contribution in [2.45, 2.75) is 32.7 Å². The van der Waals surface area contributed by atoms with Crippen LogP contribution in [0.1, 0.15) is 36.2 Å². The number of anilines is 1. The highest BCUT2D eigenvalue weighted by molar-refractivity contribution is 5.43. The van der Waals surface area contributed by atoms with Crippen molar-refractivity contribution in [2.24, 2.45) is 14.1 Å². The molecule has 8 heteroatoms. The molecule has 0 saturated carbocycles. The van der Waals surface area contributed by atoms with Crippen molar-refractivity contribution >= 4 is 5.69 Å². The van der Waals surface area contributed by atoms with Crippen LogP contribution in [0.25, 0.3) is 0 Å². The fourth-order valence-electron chi connectivity index (χ4n) is 2.87. The summed E-state index contributed by atoms with van der Waals surface area (Å²) in [6.45, 7) is 5.11. The Balaban J connectivity index is 1.60. The highest BCUT2D eigenvalue weighted by Gasteiger charge is 2.10. The van der Waals surface area contributed by atoms with E-state index < -0.39 is 0 Å². The Bertz CT molecular complexity index is 994. The van der Waals surface area contributed by atoms with E-state index in [4.69, 9.17) is 4.74 Å². The van der Waals surface area contributed by atoms with Gasteiger partial charge in [0.15, 0.2) is 0 Å². The predicted octanol–water partition coefficient (Wildman–Crippen LogP) is 2.40. The smallest absolute Gasteiger partial charge is 0.290 e. The van der Waals surface area contributed by atoms with Crippen LogP contribution in [0.5, 0.6) is 5.88 Å². The maximum atomic E-state index is 12.3. The van der Waals surface area contributed by atoms with Gasteiger partial charge in [0.2, 0.25) is 5.88 Å². The van der Waals surface area contributed by atoms with Gasteiger partial charge >= 0.3 is 0 Å². The first-order chi connectivity index (χ1) is 13.4. The van der Waals surface area contributed by atoms with E-state index >= 15 is 0 Å². The number of nitrogens with one attached hydrogen (secondary N) is 1. The van der Waals surface area contributed by atoms with Gasteiger partial charge in [0.05, 0.1) is 12.8 Å². The van der Waals surface area contributed by atoms with Crippen LogP contribution in [0, 0.1) is 6.92 Å². The van der Waals surface area contributed by atoms with Crippen LogP contribution in [0.15, 0.2) is 41.5 Å².